The molecule has 1 aromatic rings. The fourth-order valence-corrected chi connectivity index (χ4v) is 2.73. The highest BCUT2D eigenvalue weighted by atomic mass is 16.5. The minimum Gasteiger partial charge on any atom is -0.491 e. The summed E-state index contributed by atoms with van der Waals surface area (Å²) in [7, 11) is 0. The molecule has 0 unspecified atom stereocenters. The van der Waals surface area contributed by atoms with E-state index in [0.717, 1.165) is 33.9 Å². The first kappa shape index (κ1) is 23.5. The molecule has 0 aromatic heterocycles. The van der Waals surface area contributed by atoms with Gasteiger partial charge < -0.3 is 4.74 Å². The number of benzene rings is 1. The van der Waals surface area contributed by atoms with Crippen molar-refractivity contribution in [3.8, 4) is 5.75 Å². The monoisotopic (exact) mass is 380 g/mol. The van der Waals surface area contributed by atoms with E-state index in [4.69, 9.17) is 4.74 Å². The summed E-state index contributed by atoms with van der Waals surface area (Å²) in [4.78, 5) is 0. The SMILES string of the molecule is C=CN(N=C(C)C)C(=C\C(C)C)/C=C(\C=C/C)c1ccc(OC(C)C)c(C)c1. The Kier molecular flexibility index (Phi) is 9.50. The van der Waals surface area contributed by atoms with Gasteiger partial charge in [-0.25, -0.2) is 5.01 Å². The van der Waals surface area contributed by atoms with Crippen molar-refractivity contribution >= 4 is 11.3 Å². The van der Waals surface area contributed by atoms with Gasteiger partial charge in [0.15, 0.2) is 0 Å². The second-order valence-electron chi connectivity index (χ2n) is 7.66. The second kappa shape index (κ2) is 11.3. The van der Waals surface area contributed by atoms with Crippen LogP contribution < -0.4 is 4.74 Å². The molecular weight excluding hydrogens is 344 g/mol. The highest BCUT2D eigenvalue weighted by molar-refractivity contribution is 5.79. The highest BCUT2D eigenvalue weighted by Crippen LogP contribution is 2.27. The number of nitrogens with zero attached hydrogens (tertiary/aromatic N) is 2. The minimum atomic E-state index is 0.159. The van der Waals surface area contributed by atoms with Gasteiger partial charge in [0.25, 0.3) is 0 Å². The third kappa shape index (κ3) is 7.59. The van der Waals surface area contributed by atoms with Crippen molar-refractivity contribution in [3.05, 3.63) is 72.1 Å². The summed E-state index contributed by atoms with van der Waals surface area (Å²) in [5.41, 5.74) is 5.35. The summed E-state index contributed by atoms with van der Waals surface area (Å²) in [6.45, 7) is 20.4. The van der Waals surface area contributed by atoms with Crippen molar-refractivity contribution in [1.82, 2.24) is 5.01 Å². The van der Waals surface area contributed by atoms with Crippen LogP contribution in [0.4, 0.5) is 0 Å². The molecule has 1 rings (SSSR count). The summed E-state index contributed by atoms with van der Waals surface area (Å²) in [6.07, 6.45) is 10.4. The molecule has 3 heteroatoms. The van der Waals surface area contributed by atoms with Crippen molar-refractivity contribution < 1.29 is 4.74 Å². The van der Waals surface area contributed by atoms with E-state index in [1.165, 1.54) is 0 Å². The van der Waals surface area contributed by atoms with E-state index in [1.54, 1.807) is 6.20 Å². The van der Waals surface area contributed by atoms with E-state index in [9.17, 15) is 0 Å². The molecule has 0 spiro atoms. The molecular formula is C25H36N2O. The number of hydrogen-bond acceptors (Lipinski definition) is 3. The van der Waals surface area contributed by atoms with E-state index in [1.807, 2.05) is 45.7 Å². The zero-order valence-electron chi connectivity index (χ0n) is 18.8. The number of hydrogen-bond donors (Lipinski definition) is 0. The van der Waals surface area contributed by atoms with Gasteiger partial charge in [0.2, 0.25) is 0 Å². The molecule has 0 aliphatic heterocycles. The summed E-state index contributed by atoms with van der Waals surface area (Å²) >= 11 is 0. The smallest absolute Gasteiger partial charge is 0.122 e. The topological polar surface area (TPSA) is 24.8 Å². The average molecular weight is 381 g/mol. The molecule has 0 fully saturated rings. The molecule has 0 aliphatic rings. The maximum Gasteiger partial charge on any atom is 0.122 e. The molecule has 0 radical (unpaired) electrons. The summed E-state index contributed by atoms with van der Waals surface area (Å²) in [5, 5.41) is 6.43. The predicted octanol–water partition coefficient (Wildman–Crippen LogP) is 7.12. The van der Waals surface area contributed by atoms with Crippen LogP contribution in [-0.2, 0) is 0 Å². The lowest BCUT2D eigenvalue weighted by molar-refractivity contribution is 0.241. The zero-order valence-corrected chi connectivity index (χ0v) is 18.8. The lowest BCUT2D eigenvalue weighted by Gasteiger charge is -2.19. The Balaban J connectivity index is 3.47. The quantitative estimate of drug-likeness (QED) is 0.259. The van der Waals surface area contributed by atoms with Crippen LogP contribution in [0, 0.1) is 12.8 Å². The third-order valence-electron chi connectivity index (χ3n) is 3.77. The number of ether oxygens (including phenoxy) is 1. The Labute approximate surface area is 171 Å². The van der Waals surface area contributed by atoms with Crippen molar-refractivity contribution in [2.75, 3.05) is 0 Å². The van der Waals surface area contributed by atoms with Crippen LogP contribution in [0.2, 0.25) is 0 Å². The number of hydrazone groups is 1. The number of allylic oxidation sites excluding steroid dienone is 5. The van der Waals surface area contributed by atoms with Crippen LogP contribution >= 0.6 is 0 Å². The predicted molar refractivity (Wildman–Crippen MR) is 123 cm³/mol. The maximum absolute atomic E-state index is 5.88. The summed E-state index contributed by atoms with van der Waals surface area (Å²) in [5.74, 6) is 1.31. The largest absolute Gasteiger partial charge is 0.491 e. The van der Waals surface area contributed by atoms with Gasteiger partial charge in [-0.1, -0.05) is 44.7 Å². The van der Waals surface area contributed by atoms with Gasteiger partial charge >= 0.3 is 0 Å². The van der Waals surface area contributed by atoms with Crippen LogP contribution in [0.25, 0.3) is 5.57 Å². The molecule has 152 valence electrons. The Hall–Kier alpha value is -2.55. The van der Waals surface area contributed by atoms with E-state index in [-0.39, 0.29) is 6.10 Å². The van der Waals surface area contributed by atoms with E-state index in [0.29, 0.717) is 5.92 Å². The lowest BCUT2D eigenvalue weighted by atomic mass is 10.0. The molecule has 0 heterocycles. The molecule has 0 atom stereocenters. The normalized spacial score (nSPS) is 12.6. The Morgan fingerprint density at radius 2 is 1.86 bits per heavy atom. The molecule has 0 saturated carbocycles. The van der Waals surface area contributed by atoms with Gasteiger partial charge in [-0.15, -0.1) is 0 Å². The second-order valence-corrected chi connectivity index (χ2v) is 7.66. The molecule has 0 aliphatic carbocycles. The molecule has 28 heavy (non-hydrogen) atoms. The minimum absolute atomic E-state index is 0.159. The fraction of sp³-hybridized carbons (Fsp3) is 0.400. The molecule has 0 N–H and O–H groups in total. The molecule has 0 bridgehead atoms. The van der Waals surface area contributed by atoms with Gasteiger partial charge in [-0.2, -0.15) is 5.10 Å². The van der Waals surface area contributed by atoms with Crippen LogP contribution in [-0.4, -0.2) is 16.8 Å². The van der Waals surface area contributed by atoms with E-state index in [2.05, 4.69) is 68.9 Å². The fourth-order valence-electron chi connectivity index (χ4n) is 2.73. The Bertz CT molecular complexity index is 776. The first-order valence-corrected chi connectivity index (χ1v) is 9.95. The maximum atomic E-state index is 5.88. The first-order chi connectivity index (χ1) is 13.2. The number of rotatable bonds is 9. The van der Waals surface area contributed by atoms with Crippen LogP contribution in [0.1, 0.15) is 59.6 Å². The zero-order chi connectivity index (χ0) is 21.3. The van der Waals surface area contributed by atoms with Crippen LogP contribution in [0.5, 0.6) is 5.75 Å². The summed E-state index contributed by atoms with van der Waals surface area (Å²) in [6, 6.07) is 6.33. The number of aryl methyl sites for hydroxylation is 1. The van der Waals surface area contributed by atoms with Gasteiger partial charge in [0.1, 0.15) is 5.75 Å². The van der Waals surface area contributed by atoms with Gasteiger partial charge in [0, 0.05) is 11.9 Å². The molecule has 3 nitrogen and oxygen atoms in total. The third-order valence-corrected chi connectivity index (χ3v) is 3.77. The van der Waals surface area contributed by atoms with Crippen molar-refractivity contribution in [2.24, 2.45) is 11.0 Å². The molecule has 0 saturated heterocycles. The van der Waals surface area contributed by atoms with Crippen molar-refractivity contribution in [2.45, 2.75) is 61.5 Å². The molecule has 1 aromatic carbocycles. The van der Waals surface area contributed by atoms with E-state index >= 15 is 0 Å². The Morgan fingerprint density at radius 1 is 1.18 bits per heavy atom. The Morgan fingerprint density at radius 3 is 2.32 bits per heavy atom. The van der Waals surface area contributed by atoms with Gasteiger partial charge in [0.05, 0.1) is 11.8 Å². The van der Waals surface area contributed by atoms with Crippen LogP contribution in [0.3, 0.4) is 0 Å². The first-order valence-electron chi connectivity index (χ1n) is 9.95. The average Bonchev–Trinajstić information content (AvgIpc) is 2.59. The summed E-state index contributed by atoms with van der Waals surface area (Å²) < 4.78 is 5.88. The van der Waals surface area contributed by atoms with Gasteiger partial charge in [-0.05, 0) is 82.4 Å². The van der Waals surface area contributed by atoms with Crippen molar-refractivity contribution in [3.63, 3.8) is 0 Å². The van der Waals surface area contributed by atoms with Crippen molar-refractivity contribution in [1.29, 1.82) is 0 Å². The lowest BCUT2D eigenvalue weighted by Crippen LogP contribution is -2.11. The molecule has 0 amide bonds. The van der Waals surface area contributed by atoms with E-state index < -0.39 is 0 Å². The highest BCUT2D eigenvalue weighted by Gasteiger charge is 2.09. The van der Waals surface area contributed by atoms with Crippen LogP contribution in [0.15, 0.2) is 66.1 Å². The standard InChI is InChI=1S/C25H36N2O/c1-10-12-22(23-13-14-25(21(9)16-23)28-20(7)8)17-24(15-18(3)4)27(11-2)26-19(5)6/h10-18,20H,2H2,1,3-9H3/b12-10-,22-17+,24-15-. The van der Waals surface area contributed by atoms with Gasteiger partial charge in [-0.3, -0.25) is 0 Å².